The predicted octanol–water partition coefficient (Wildman–Crippen LogP) is 4.25. The number of nitrogens with one attached hydrogen (secondary N) is 1. The number of pyridine rings is 1. The Morgan fingerprint density at radius 1 is 1.20 bits per heavy atom. The Kier molecular flexibility index (Phi) is 3.56. The molecule has 3 rings (SSSR count). The molecule has 4 nitrogen and oxygen atoms in total. The summed E-state index contributed by atoms with van der Waals surface area (Å²) in [5.41, 5.74) is 1.22. The molecule has 1 N–H and O–H groups in total. The Balaban J connectivity index is 1.85. The number of thiazole rings is 1. The minimum Gasteiger partial charge on any atom is -0.298 e. The number of nitrogens with zero attached hydrogens (tertiary/aromatic N) is 2. The third-order valence-corrected chi connectivity index (χ3v) is 3.95. The van der Waals surface area contributed by atoms with Crippen LogP contribution in [0.5, 0.6) is 0 Å². The van der Waals surface area contributed by atoms with Gasteiger partial charge in [0, 0.05) is 11.2 Å². The van der Waals surface area contributed by atoms with Gasteiger partial charge in [-0.2, -0.15) is 0 Å². The summed E-state index contributed by atoms with van der Waals surface area (Å²) in [5.74, 6) is -0.278. The molecule has 0 fully saturated rings. The smallest absolute Gasteiger partial charge is 0.259 e. The quantitative estimate of drug-likeness (QED) is 0.717. The number of benzene rings is 1. The molecule has 0 bridgehead atoms. The Labute approximate surface area is 128 Å². The molecule has 3 aromatic rings. The molecule has 0 radical (unpaired) electrons. The fraction of sp³-hybridized carbons (Fsp3) is 0. The summed E-state index contributed by atoms with van der Waals surface area (Å²) in [6.07, 6.45) is 1.42. The van der Waals surface area contributed by atoms with Gasteiger partial charge in [-0.15, -0.1) is 0 Å². The van der Waals surface area contributed by atoms with Gasteiger partial charge in [-0.25, -0.2) is 9.97 Å². The first-order valence-corrected chi connectivity index (χ1v) is 7.18. The number of hydrogen-bond donors (Lipinski definition) is 1. The second-order valence-corrected chi connectivity index (χ2v) is 5.81. The number of rotatable bonds is 2. The third-order valence-electron chi connectivity index (χ3n) is 2.56. The van der Waals surface area contributed by atoms with Crippen LogP contribution in [0.2, 0.25) is 10.2 Å². The summed E-state index contributed by atoms with van der Waals surface area (Å²) in [6, 6.07) is 8.56. The molecule has 0 unspecified atom stereocenters. The molecular formula is C13H7Cl2N3OS. The molecule has 1 aromatic carbocycles. The van der Waals surface area contributed by atoms with Gasteiger partial charge in [0.25, 0.3) is 5.91 Å². The Hall–Kier alpha value is -1.69. The van der Waals surface area contributed by atoms with E-state index >= 15 is 0 Å². The SMILES string of the molecule is O=C(Nc1nc2ccc(Cl)cc2s1)c1ccc(Cl)nc1. The van der Waals surface area contributed by atoms with Crippen LogP contribution in [-0.2, 0) is 0 Å². The molecule has 2 heterocycles. The number of anilines is 1. The summed E-state index contributed by atoms with van der Waals surface area (Å²) >= 11 is 13.0. The zero-order chi connectivity index (χ0) is 14.1. The third kappa shape index (κ3) is 2.75. The molecule has 1 amide bonds. The van der Waals surface area contributed by atoms with E-state index in [-0.39, 0.29) is 5.91 Å². The molecule has 2 aromatic heterocycles. The lowest BCUT2D eigenvalue weighted by Gasteiger charge is -2.00. The molecule has 100 valence electrons. The van der Waals surface area contributed by atoms with E-state index in [0.29, 0.717) is 20.9 Å². The molecule has 0 aliphatic rings. The highest BCUT2D eigenvalue weighted by Gasteiger charge is 2.10. The van der Waals surface area contributed by atoms with Crippen LogP contribution in [0.15, 0.2) is 36.5 Å². The lowest BCUT2D eigenvalue weighted by molar-refractivity contribution is 0.102. The number of hydrogen-bond acceptors (Lipinski definition) is 4. The van der Waals surface area contributed by atoms with Crippen molar-refractivity contribution in [1.29, 1.82) is 0 Å². The summed E-state index contributed by atoms with van der Waals surface area (Å²) < 4.78 is 0.919. The van der Waals surface area contributed by atoms with Crippen molar-refractivity contribution >= 4 is 55.8 Å². The highest BCUT2D eigenvalue weighted by atomic mass is 35.5. The van der Waals surface area contributed by atoms with Crippen LogP contribution >= 0.6 is 34.5 Å². The summed E-state index contributed by atoms with van der Waals surface area (Å²) in [5, 5.41) is 4.23. The maximum atomic E-state index is 12.0. The molecule has 0 aliphatic heterocycles. The van der Waals surface area contributed by atoms with Gasteiger partial charge in [0.05, 0.1) is 15.8 Å². The van der Waals surface area contributed by atoms with Crippen molar-refractivity contribution in [2.24, 2.45) is 0 Å². The van der Waals surface area contributed by atoms with E-state index in [1.165, 1.54) is 17.5 Å². The molecule has 0 spiro atoms. The largest absolute Gasteiger partial charge is 0.298 e. The van der Waals surface area contributed by atoms with Crippen LogP contribution in [0.4, 0.5) is 5.13 Å². The van der Waals surface area contributed by atoms with E-state index in [1.807, 2.05) is 12.1 Å². The van der Waals surface area contributed by atoms with Crippen LogP contribution in [0.3, 0.4) is 0 Å². The number of carbonyl (C=O) groups is 1. The Bertz CT molecular complexity index is 786. The first-order chi connectivity index (χ1) is 9.61. The van der Waals surface area contributed by atoms with Crippen molar-refractivity contribution in [2.75, 3.05) is 5.32 Å². The summed E-state index contributed by atoms with van der Waals surface area (Å²) in [7, 11) is 0. The monoisotopic (exact) mass is 323 g/mol. The minimum atomic E-state index is -0.278. The zero-order valence-electron chi connectivity index (χ0n) is 9.93. The van der Waals surface area contributed by atoms with Gasteiger partial charge >= 0.3 is 0 Å². The second kappa shape index (κ2) is 5.36. The van der Waals surface area contributed by atoms with Crippen molar-refractivity contribution in [3.63, 3.8) is 0 Å². The summed E-state index contributed by atoms with van der Waals surface area (Å²) in [6.45, 7) is 0. The van der Waals surface area contributed by atoms with Crippen LogP contribution in [0.1, 0.15) is 10.4 Å². The van der Waals surface area contributed by atoms with Gasteiger partial charge in [0.1, 0.15) is 5.15 Å². The average molecular weight is 324 g/mol. The Morgan fingerprint density at radius 2 is 2.05 bits per heavy atom. The van der Waals surface area contributed by atoms with Gasteiger partial charge in [0.2, 0.25) is 0 Å². The molecule has 0 aliphatic carbocycles. The maximum absolute atomic E-state index is 12.0. The van der Waals surface area contributed by atoms with Crippen molar-refractivity contribution in [3.05, 3.63) is 52.3 Å². The molecule has 0 saturated heterocycles. The zero-order valence-corrected chi connectivity index (χ0v) is 12.3. The molecule has 20 heavy (non-hydrogen) atoms. The van der Waals surface area contributed by atoms with E-state index in [9.17, 15) is 4.79 Å². The van der Waals surface area contributed by atoms with Crippen LogP contribution in [-0.4, -0.2) is 15.9 Å². The van der Waals surface area contributed by atoms with Gasteiger partial charge < -0.3 is 0 Å². The minimum absolute atomic E-state index is 0.278. The first kappa shape index (κ1) is 13.3. The van der Waals surface area contributed by atoms with Crippen molar-refractivity contribution in [1.82, 2.24) is 9.97 Å². The molecular weight excluding hydrogens is 317 g/mol. The fourth-order valence-corrected chi connectivity index (χ4v) is 2.88. The lowest BCUT2D eigenvalue weighted by atomic mass is 10.3. The molecule has 0 atom stereocenters. The van der Waals surface area contributed by atoms with Crippen molar-refractivity contribution in [2.45, 2.75) is 0 Å². The second-order valence-electron chi connectivity index (χ2n) is 3.95. The number of amides is 1. The van der Waals surface area contributed by atoms with Gasteiger partial charge in [0.15, 0.2) is 5.13 Å². The van der Waals surface area contributed by atoms with Crippen molar-refractivity contribution in [3.8, 4) is 0 Å². The predicted molar refractivity (Wildman–Crippen MR) is 81.8 cm³/mol. The lowest BCUT2D eigenvalue weighted by Crippen LogP contribution is -2.11. The van der Waals surface area contributed by atoms with Crippen LogP contribution < -0.4 is 5.32 Å². The maximum Gasteiger partial charge on any atom is 0.259 e. The van der Waals surface area contributed by atoms with Gasteiger partial charge in [-0.3, -0.25) is 10.1 Å². The van der Waals surface area contributed by atoms with E-state index < -0.39 is 0 Å². The van der Waals surface area contributed by atoms with Crippen molar-refractivity contribution < 1.29 is 4.79 Å². The van der Waals surface area contributed by atoms with Gasteiger partial charge in [-0.05, 0) is 30.3 Å². The fourth-order valence-electron chi connectivity index (χ4n) is 1.63. The average Bonchev–Trinajstić information content (AvgIpc) is 2.80. The number of fused-ring (bicyclic) bond motifs is 1. The number of carbonyl (C=O) groups excluding carboxylic acids is 1. The molecule has 7 heteroatoms. The number of aromatic nitrogens is 2. The highest BCUT2D eigenvalue weighted by Crippen LogP contribution is 2.28. The summed E-state index contributed by atoms with van der Waals surface area (Å²) in [4.78, 5) is 20.2. The van der Waals surface area contributed by atoms with E-state index in [4.69, 9.17) is 23.2 Å². The van der Waals surface area contributed by atoms with E-state index in [2.05, 4.69) is 15.3 Å². The van der Waals surface area contributed by atoms with E-state index in [1.54, 1.807) is 18.2 Å². The Morgan fingerprint density at radius 3 is 2.80 bits per heavy atom. The van der Waals surface area contributed by atoms with E-state index in [0.717, 1.165) is 10.2 Å². The topological polar surface area (TPSA) is 54.9 Å². The highest BCUT2D eigenvalue weighted by molar-refractivity contribution is 7.22. The van der Waals surface area contributed by atoms with Crippen LogP contribution in [0, 0.1) is 0 Å². The van der Waals surface area contributed by atoms with Gasteiger partial charge in [-0.1, -0.05) is 34.5 Å². The standard InChI is InChI=1S/C13H7Cl2N3OS/c14-8-2-3-9-10(5-8)20-13(17-9)18-12(19)7-1-4-11(15)16-6-7/h1-6H,(H,17,18,19). The normalized spacial score (nSPS) is 10.7. The number of halogens is 2. The van der Waals surface area contributed by atoms with Crippen LogP contribution in [0.25, 0.3) is 10.2 Å². The first-order valence-electron chi connectivity index (χ1n) is 5.61. The molecule has 0 saturated carbocycles.